The Bertz CT molecular complexity index is 352. The minimum atomic E-state index is -0.365. The number of halogens is 2. The normalized spacial score (nSPS) is 12.5. The molecule has 0 bridgehead atoms. The van der Waals surface area contributed by atoms with Gasteiger partial charge in [0.1, 0.15) is 0 Å². The first-order valence-electron chi connectivity index (χ1n) is 4.10. The topological polar surface area (TPSA) is 43.1 Å². The molecule has 1 aromatic rings. The van der Waals surface area contributed by atoms with Gasteiger partial charge in [-0.1, -0.05) is 36.2 Å². The summed E-state index contributed by atoms with van der Waals surface area (Å²) in [7, 11) is 0. The Morgan fingerprint density at radius 2 is 2.07 bits per heavy atom. The minimum absolute atomic E-state index is 0.313. The van der Waals surface area contributed by atoms with Gasteiger partial charge in [0.25, 0.3) is 0 Å². The molecule has 2 nitrogen and oxygen atoms in total. The quantitative estimate of drug-likeness (QED) is 0.853. The summed E-state index contributed by atoms with van der Waals surface area (Å²) in [4.78, 5) is 10.8. The van der Waals surface area contributed by atoms with E-state index in [1.54, 1.807) is 31.5 Å². The molecule has 1 amide bonds. The largest absolute Gasteiger partial charge is 0.369 e. The predicted octanol–water partition coefficient (Wildman–Crippen LogP) is 2.67. The molecule has 1 aromatic carbocycles. The summed E-state index contributed by atoms with van der Waals surface area (Å²) >= 11 is 11.6. The number of carbonyl (C=O) groups excluding carboxylic acids is 1. The van der Waals surface area contributed by atoms with Crippen molar-refractivity contribution in [1.82, 2.24) is 0 Å². The molecule has 0 saturated heterocycles. The number of primary amides is 1. The van der Waals surface area contributed by atoms with E-state index >= 15 is 0 Å². The van der Waals surface area contributed by atoms with Crippen LogP contribution in [0.3, 0.4) is 0 Å². The first-order valence-corrected chi connectivity index (χ1v) is 4.85. The lowest BCUT2D eigenvalue weighted by Crippen LogP contribution is -2.21. The molecule has 0 aromatic heterocycles. The first kappa shape index (κ1) is 11.3. The molecular formula is C10H10Cl2NO. The zero-order valence-corrected chi connectivity index (χ0v) is 9.14. The summed E-state index contributed by atoms with van der Waals surface area (Å²) < 4.78 is 0. The molecule has 1 atom stereocenters. The Balaban J connectivity index is 2.78. The van der Waals surface area contributed by atoms with Crippen LogP contribution in [0.15, 0.2) is 18.2 Å². The average molecular weight is 231 g/mol. The minimum Gasteiger partial charge on any atom is -0.369 e. The fraction of sp³-hybridized carbons (Fsp3) is 0.200. The van der Waals surface area contributed by atoms with Crippen molar-refractivity contribution >= 4 is 29.1 Å². The number of hydrogen-bond donors (Lipinski definition) is 1. The van der Waals surface area contributed by atoms with E-state index < -0.39 is 0 Å². The third kappa shape index (κ3) is 2.89. The highest BCUT2D eigenvalue weighted by Crippen LogP contribution is 2.24. The lowest BCUT2D eigenvalue weighted by Gasteiger charge is -2.07. The molecule has 0 heterocycles. The number of carbonyl (C=O) groups is 1. The van der Waals surface area contributed by atoms with Crippen molar-refractivity contribution in [2.45, 2.75) is 6.92 Å². The van der Waals surface area contributed by atoms with Gasteiger partial charge in [-0.15, -0.1) is 0 Å². The van der Waals surface area contributed by atoms with E-state index in [0.29, 0.717) is 10.0 Å². The molecular weight excluding hydrogens is 221 g/mol. The van der Waals surface area contributed by atoms with Crippen LogP contribution in [0.25, 0.3) is 0 Å². The van der Waals surface area contributed by atoms with Crippen LogP contribution in [-0.4, -0.2) is 5.91 Å². The second kappa shape index (κ2) is 4.67. The van der Waals surface area contributed by atoms with E-state index in [-0.39, 0.29) is 11.8 Å². The third-order valence-corrected chi connectivity index (χ3v) is 2.57. The molecule has 4 heteroatoms. The van der Waals surface area contributed by atoms with Gasteiger partial charge in [0.2, 0.25) is 5.91 Å². The van der Waals surface area contributed by atoms with Gasteiger partial charge in [-0.05, 0) is 17.7 Å². The maximum Gasteiger partial charge on any atom is 0.220 e. The van der Waals surface area contributed by atoms with Crippen molar-refractivity contribution in [3.63, 3.8) is 0 Å². The molecule has 0 unspecified atom stereocenters. The Morgan fingerprint density at radius 3 is 2.57 bits per heavy atom. The van der Waals surface area contributed by atoms with Crippen LogP contribution in [0, 0.1) is 12.3 Å². The number of rotatable bonds is 3. The molecule has 2 N–H and O–H groups in total. The molecule has 0 fully saturated rings. The third-order valence-electron chi connectivity index (χ3n) is 1.83. The van der Waals surface area contributed by atoms with E-state index in [1.165, 1.54) is 0 Å². The summed E-state index contributed by atoms with van der Waals surface area (Å²) in [5.74, 6) is -0.677. The van der Waals surface area contributed by atoms with Crippen LogP contribution in [0.2, 0.25) is 10.0 Å². The summed E-state index contributed by atoms with van der Waals surface area (Å²) in [6.45, 7) is 1.73. The molecule has 14 heavy (non-hydrogen) atoms. The molecule has 0 aliphatic carbocycles. The second-order valence-electron chi connectivity index (χ2n) is 3.03. The van der Waals surface area contributed by atoms with E-state index in [9.17, 15) is 4.79 Å². The zero-order valence-electron chi connectivity index (χ0n) is 7.63. The number of amides is 1. The molecule has 0 aliphatic rings. The van der Waals surface area contributed by atoms with Gasteiger partial charge in [0.15, 0.2) is 0 Å². The van der Waals surface area contributed by atoms with Gasteiger partial charge < -0.3 is 5.73 Å². The van der Waals surface area contributed by atoms with E-state index in [1.807, 2.05) is 0 Å². The lowest BCUT2D eigenvalue weighted by molar-refractivity contribution is -0.120. The number of benzene rings is 1. The highest BCUT2D eigenvalue weighted by Gasteiger charge is 2.10. The van der Waals surface area contributed by atoms with E-state index in [2.05, 4.69) is 0 Å². The number of hydrogen-bond acceptors (Lipinski definition) is 1. The van der Waals surface area contributed by atoms with Crippen molar-refractivity contribution in [3.8, 4) is 0 Å². The number of nitrogens with two attached hydrogens (primary N) is 1. The standard InChI is InChI=1S/C10H10Cl2NO/c1-6(10(13)14)4-7-2-3-8(11)9(12)5-7/h2-6H,1H3,(H2,13,14)/t6-/m1/s1. The van der Waals surface area contributed by atoms with Crippen molar-refractivity contribution in [2.24, 2.45) is 11.7 Å². The highest BCUT2D eigenvalue weighted by molar-refractivity contribution is 6.42. The van der Waals surface area contributed by atoms with Gasteiger partial charge in [-0.25, -0.2) is 0 Å². The van der Waals surface area contributed by atoms with Crippen LogP contribution in [-0.2, 0) is 4.79 Å². The fourth-order valence-electron chi connectivity index (χ4n) is 0.987. The van der Waals surface area contributed by atoms with E-state index in [0.717, 1.165) is 5.56 Å². The Morgan fingerprint density at radius 1 is 1.43 bits per heavy atom. The Hall–Kier alpha value is -0.730. The van der Waals surface area contributed by atoms with Crippen molar-refractivity contribution in [1.29, 1.82) is 0 Å². The molecule has 0 saturated carbocycles. The molecule has 0 aliphatic heterocycles. The van der Waals surface area contributed by atoms with Crippen LogP contribution in [0.5, 0.6) is 0 Å². The van der Waals surface area contributed by atoms with Crippen molar-refractivity contribution < 1.29 is 4.79 Å². The summed E-state index contributed by atoms with van der Waals surface area (Å²) in [6.07, 6.45) is 1.74. The van der Waals surface area contributed by atoms with Crippen LogP contribution >= 0.6 is 23.2 Å². The van der Waals surface area contributed by atoms with Crippen LogP contribution in [0.1, 0.15) is 12.5 Å². The maximum atomic E-state index is 10.8. The molecule has 75 valence electrons. The summed E-state index contributed by atoms with van der Waals surface area (Å²) in [6, 6.07) is 5.17. The lowest BCUT2D eigenvalue weighted by atomic mass is 10.0. The van der Waals surface area contributed by atoms with Gasteiger partial charge in [-0.2, -0.15) is 0 Å². The van der Waals surface area contributed by atoms with Crippen LogP contribution in [0.4, 0.5) is 0 Å². The zero-order chi connectivity index (χ0) is 10.7. The van der Waals surface area contributed by atoms with Gasteiger partial charge >= 0.3 is 0 Å². The molecule has 0 spiro atoms. The Labute approximate surface area is 93.0 Å². The van der Waals surface area contributed by atoms with Gasteiger partial charge in [0, 0.05) is 12.3 Å². The smallest absolute Gasteiger partial charge is 0.220 e. The second-order valence-corrected chi connectivity index (χ2v) is 3.85. The summed E-state index contributed by atoms with van der Waals surface area (Å²) in [5.41, 5.74) is 5.96. The molecule has 1 radical (unpaired) electrons. The van der Waals surface area contributed by atoms with Crippen LogP contribution < -0.4 is 5.73 Å². The highest BCUT2D eigenvalue weighted by atomic mass is 35.5. The maximum absolute atomic E-state index is 10.8. The molecule has 1 rings (SSSR count). The van der Waals surface area contributed by atoms with E-state index in [4.69, 9.17) is 28.9 Å². The van der Waals surface area contributed by atoms with Gasteiger partial charge in [-0.3, -0.25) is 4.79 Å². The predicted molar refractivity (Wildman–Crippen MR) is 58.2 cm³/mol. The SMILES string of the molecule is C[C@H]([CH]c1ccc(Cl)c(Cl)c1)C(N)=O. The monoisotopic (exact) mass is 230 g/mol. The average Bonchev–Trinajstić information content (AvgIpc) is 2.11. The van der Waals surface area contributed by atoms with Crippen molar-refractivity contribution in [2.75, 3.05) is 0 Å². The Kier molecular flexibility index (Phi) is 3.78. The van der Waals surface area contributed by atoms with Gasteiger partial charge in [0.05, 0.1) is 10.0 Å². The summed E-state index contributed by atoms with van der Waals surface area (Å²) in [5, 5.41) is 0.965. The first-order chi connectivity index (χ1) is 6.50. The van der Waals surface area contributed by atoms with Crippen molar-refractivity contribution in [3.05, 3.63) is 40.2 Å². The fourth-order valence-corrected chi connectivity index (χ4v) is 1.29.